The van der Waals surface area contributed by atoms with Crippen LogP contribution >= 0.6 is 11.3 Å². The average molecular weight is 470 g/mol. The number of amides is 1. The molecule has 0 fully saturated rings. The molecule has 170 valence electrons. The van der Waals surface area contributed by atoms with E-state index in [1.165, 1.54) is 0 Å². The van der Waals surface area contributed by atoms with E-state index < -0.39 is 0 Å². The first-order chi connectivity index (χ1) is 16.4. The number of aromatic nitrogens is 4. The monoisotopic (exact) mass is 469 g/mol. The maximum atomic E-state index is 12.5. The van der Waals surface area contributed by atoms with Crippen LogP contribution in [0.2, 0.25) is 0 Å². The minimum absolute atomic E-state index is 0.109. The molecule has 0 atom stereocenters. The number of ether oxygens (including phenoxy) is 1. The Morgan fingerprint density at radius 3 is 2.62 bits per heavy atom. The van der Waals surface area contributed by atoms with Gasteiger partial charge in [0.2, 0.25) is 5.91 Å². The van der Waals surface area contributed by atoms with Gasteiger partial charge in [0, 0.05) is 37.4 Å². The van der Waals surface area contributed by atoms with Crippen LogP contribution in [0.25, 0.3) is 20.9 Å². The molecule has 0 radical (unpaired) electrons. The van der Waals surface area contributed by atoms with Crippen molar-refractivity contribution in [2.75, 3.05) is 5.32 Å². The zero-order valence-corrected chi connectivity index (χ0v) is 19.9. The number of anilines is 1. The third-order valence-corrected chi connectivity index (χ3v) is 6.43. The van der Waals surface area contributed by atoms with Crippen molar-refractivity contribution in [1.29, 1.82) is 0 Å². The number of aryl methyl sites for hydroxylation is 3. The number of carbonyl (C=O) groups excluding carboxylic acids is 1. The second-order valence-corrected chi connectivity index (χ2v) is 9.19. The summed E-state index contributed by atoms with van der Waals surface area (Å²) in [4.78, 5) is 26.8. The number of benzene rings is 1. The van der Waals surface area contributed by atoms with E-state index in [9.17, 15) is 4.79 Å². The van der Waals surface area contributed by atoms with Crippen molar-refractivity contribution in [2.24, 2.45) is 7.05 Å². The molecule has 1 aromatic carbocycles. The van der Waals surface area contributed by atoms with Gasteiger partial charge in [-0.05, 0) is 55.3 Å². The molecule has 4 aromatic heterocycles. The van der Waals surface area contributed by atoms with Crippen LogP contribution in [0.15, 0.2) is 67.1 Å². The summed E-state index contributed by atoms with van der Waals surface area (Å²) in [5.74, 6) is 2.79. The van der Waals surface area contributed by atoms with Crippen LogP contribution in [0.3, 0.4) is 0 Å². The Balaban J connectivity index is 1.29. The Hall–Kier alpha value is -4.04. The molecule has 4 heterocycles. The maximum absolute atomic E-state index is 12.5. The molecule has 34 heavy (non-hydrogen) atoms. The lowest BCUT2D eigenvalue weighted by atomic mass is 10.1. The van der Waals surface area contributed by atoms with Crippen LogP contribution in [0, 0.1) is 13.8 Å². The zero-order valence-electron chi connectivity index (χ0n) is 19.1. The Bertz CT molecular complexity index is 1470. The number of nitrogens with zero attached hydrogens (tertiary/aromatic N) is 4. The van der Waals surface area contributed by atoms with Crippen molar-refractivity contribution >= 4 is 33.3 Å². The fourth-order valence-corrected chi connectivity index (χ4v) is 4.89. The summed E-state index contributed by atoms with van der Waals surface area (Å²) in [5, 5.41) is 2.87. The lowest BCUT2D eigenvalue weighted by Gasteiger charge is -2.09. The van der Waals surface area contributed by atoms with Gasteiger partial charge in [-0.1, -0.05) is 12.1 Å². The number of thiophene rings is 1. The van der Waals surface area contributed by atoms with Gasteiger partial charge < -0.3 is 14.6 Å². The summed E-state index contributed by atoms with van der Waals surface area (Å²) < 4.78 is 9.11. The smallest absolute Gasteiger partial charge is 0.229 e. The quantitative estimate of drug-likeness (QED) is 0.346. The highest BCUT2D eigenvalue weighted by Gasteiger charge is 2.13. The highest BCUT2D eigenvalue weighted by Crippen LogP contribution is 2.38. The lowest BCUT2D eigenvalue weighted by molar-refractivity contribution is -0.115. The number of imidazole rings is 1. The Kier molecular flexibility index (Phi) is 5.81. The van der Waals surface area contributed by atoms with Gasteiger partial charge in [-0.2, -0.15) is 0 Å². The Morgan fingerprint density at radius 2 is 1.88 bits per heavy atom. The fourth-order valence-electron chi connectivity index (χ4n) is 3.79. The van der Waals surface area contributed by atoms with Gasteiger partial charge in [-0.25, -0.2) is 9.97 Å². The average Bonchev–Trinajstić information content (AvgIpc) is 3.40. The van der Waals surface area contributed by atoms with Gasteiger partial charge in [0.25, 0.3) is 0 Å². The summed E-state index contributed by atoms with van der Waals surface area (Å²) >= 11 is 1.60. The van der Waals surface area contributed by atoms with Gasteiger partial charge in [-0.3, -0.25) is 9.78 Å². The minimum atomic E-state index is -0.109. The van der Waals surface area contributed by atoms with E-state index in [0.29, 0.717) is 11.6 Å². The number of carbonyl (C=O) groups is 1. The second-order valence-electron chi connectivity index (χ2n) is 8.14. The van der Waals surface area contributed by atoms with Crippen molar-refractivity contribution in [1.82, 2.24) is 19.5 Å². The zero-order chi connectivity index (χ0) is 23.7. The molecule has 0 aliphatic rings. The van der Waals surface area contributed by atoms with E-state index in [0.717, 1.165) is 43.5 Å². The Labute approximate surface area is 201 Å². The number of nitrogens with one attached hydrogen (secondary N) is 1. The van der Waals surface area contributed by atoms with E-state index in [1.54, 1.807) is 23.7 Å². The molecule has 7 nitrogen and oxygen atoms in total. The highest BCUT2D eigenvalue weighted by molar-refractivity contribution is 7.22. The SMILES string of the molecule is Cc1cc(C)nc(NC(=O)Cc2ccc(Oc3ccnc4cc(-c5nccn5C)sc34)cc2)c1. The van der Waals surface area contributed by atoms with E-state index in [1.807, 2.05) is 80.2 Å². The third-order valence-electron chi connectivity index (χ3n) is 5.30. The number of fused-ring (bicyclic) bond motifs is 1. The first kappa shape index (κ1) is 21.8. The third kappa shape index (κ3) is 4.67. The summed E-state index contributed by atoms with van der Waals surface area (Å²) in [5.41, 5.74) is 3.70. The van der Waals surface area contributed by atoms with E-state index in [2.05, 4.69) is 20.3 Å². The van der Waals surface area contributed by atoms with E-state index in [-0.39, 0.29) is 12.3 Å². The predicted octanol–water partition coefficient (Wildman–Crippen LogP) is 5.68. The molecule has 0 aliphatic heterocycles. The van der Waals surface area contributed by atoms with Gasteiger partial charge in [0.1, 0.15) is 23.1 Å². The first-order valence-electron chi connectivity index (χ1n) is 10.8. The number of hydrogen-bond acceptors (Lipinski definition) is 6. The molecule has 0 bridgehead atoms. The lowest BCUT2D eigenvalue weighted by Crippen LogP contribution is -2.15. The standard InChI is InChI=1S/C26H23N5O2S/c1-16-12-17(2)29-23(13-16)30-24(32)14-18-4-6-19(7-5-18)33-21-8-9-27-20-15-22(34-25(20)21)26-28-10-11-31(26)3/h4-13,15H,14H2,1-3H3,(H,29,30,32). The van der Waals surface area contributed by atoms with Gasteiger partial charge in [0.15, 0.2) is 0 Å². The fraction of sp³-hybridized carbons (Fsp3) is 0.154. The topological polar surface area (TPSA) is 81.9 Å². The summed E-state index contributed by atoms with van der Waals surface area (Å²) in [6, 6.07) is 15.3. The predicted molar refractivity (Wildman–Crippen MR) is 134 cm³/mol. The molecule has 0 spiro atoms. The second kappa shape index (κ2) is 9.07. The molecule has 0 saturated carbocycles. The van der Waals surface area contributed by atoms with Crippen LogP contribution in [-0.4, -0.2) is 25.4 Å². The van der Waals surface area contributed by atoms with Crippen LogP contribution in [0.1, 0.15) is 16.8 Å². The van der Waals surface area contributed by atoms with Crippen molar-refractivity contribution in [3.63, 3.8) is 0 Å². The molecule has 1 N–H and O–H groups in total. The van der Waals surface area contributed by atoms with Crippen LogP contribution in [-0.2, 0) is 18.3 Å². The molecule has 5 rings (SSSR count). The minimum Gasteiger partial charge on any atom is -0.456 e. The van der Waals surface area contributed by atoms with Crippen molar-refractivity contribution in [3.05, 3.63) is 83.9 Å². The Morgan fingerprint density at radius 1 is 1.06 bits per heavy atom. The number of pyridine rings is 2. The number of rotatable bonds is 6. The molecule has 0 saturated heterocycles. The summed E-state index contributed by atoms with van der Waals surface area (Å²) in [6.07, 6.45) is 5.70. The summed E-state index contributed by atoms with van der Waals surface area (Å²) in [6.45, 7) is 3.89. The molecular weight excluding hydrogens is 446 g/mol. The van der Waals surface area contributed by atoms with Crippen molar-refractivity contribution in [2.45, 2.75) is 20.3 Å². The normalized spacial score (nSPS) is 11.0. The van der Waals surface area contributed by atoms with Gasteiger partial charge in [-0.15, -0.1) is 11.3 Å². The number of hydrogen-bond donors (Lipinski definition) is 1. The maximum Gasteiger partial charge on any atom is 0.229 e. The largest absolute Gasteiger partial charge is 0.456 e. The van der Waals surface area contributed by atoms with Gasteiger partial charge in [0.05, 0.1) is 21.5 Å². The molecule has 0 aliphatic carbocycles. The van der Waals surface area contributed by atoms with Crippen LogP contribution < -0.4 is 10.1 Å². The molecule has 8 heteroatoms. The highest BCUT2D eigenvalue weighted by atomic mass is 32.1. The summed E-state index contributed by atoms with van der Waals surface area (Å²) in [7, 11) is 1.97. The van der Waals surface area contributed by atoms with E-state index >= 15 is 0 Å². The molecule has 5 aromatic rings. The van der Waals surface area contributed by atoms with Crippen LogP contribution in [0.4, 0.5) is 5.82 Å². The van der Waals surface area contributed by atoms with Crippen molar-refractivity contribution < 1.29 is 9.53 Å². The molecular formula is C26H23N5O2S. The van der Waals surface area contributed by atoms with E-state index in [4.69, 9.17) is 4.74 Å². The molecule has 0 unspecified atom stereocenters. The van der Waals surface area contributed by atoms with Gasteiger partial charge >= 0.3 is 0 Å². The molecule has 1 amide bonds. The first-order valence-corrected chi connectivity index (χ1v) is 11.6. The van der Waals surface area contributed by atoms with Crippen LogP contribution in [0.5, 0.6) is 11.5 Å². The van der Waals surface area contributed by atoms with Crippen molar-refractivity contribution in [3.8, 4) is 22.2 Å².